The lowest BCUT2D eigenvalue weighted by Gasteiger charge is -2.09. The topological polar surface area (TPSA) is 0 Å². The Balaban J connectivity index is 1.85. The van der Waals surface area contributed by atoms with Crippen molar-refractivity contribution in [3.8, 4) is 0 Å². The molecule has 0 N–H and O–H groups in total. The summed E-state index contributed by atoms with van der Waals surface area (Å²) < 4.78 is 0. The van der Waals surface area contributed by atoms with Gasteiger partial charge in [0.15, 0.2) is 0 Å². The summed E-state index contributed by atoms with van der Waals surface area (Å²) in [5.41, 5.74) is 0. The van der Waals surface area contributed by atoms with Gasteiger partial charge in [0.25, 0.3) is 0 Å². The molecule has 0 unspecified atom stereocenters. The maximum absolute atomic E-state index is 6.57. The molecule has 0 saturated carbocycles. The molecular weight excluding hydrogens is 316 g/mol. The fourth-order valence-corrected chi connectivity index (χ4v) is 4.09. The Labute approximate surface area is 138 Å². The molecule has 0 fully saturated rings. The van der Waals surface area contributed by atoms with E-state index in [1.807, 2.05) is 36.4 Å². The van der Waals surface area contributed by atoms with E-state index in [0.29, 0.717) is 0 Å². The number of halogens is 1. The minimum Gasteiger partial charge on any atom is -0.0885 e. The summed E-state index contributed by atoms with van der Waals surface area (Å²) in [5.74, 6) is 0. The maximum Gasteiger partial charge on any atom is 0.0684 e. The van der Waals surface area contributed by atoms with Crippen LogP contribution in [0, 0.1) is 0 Å². The summed E-state index contributed by atoms with van der Waals surface area (Å²) in [6, 6.07) is 26.8. The van der Waals surface area contributed by atoms with E-state index in [1.54, 1.807) is 23.5 Å². The van der Waals surface area contributed by atoms with E-state index in [9.17, 15) is 0 Å². The van der Waals surface area contributed by atoms with Crippen LogP contribution in [0.4, 0.5) is 0 Å². The van der Waals surface area contributed by atoms with Crippen molar-refractivity contribution >= 4 is 35.1 Å². The van der Waals surface area contributed by atoms with Crippen molar-refractivity contribution in [1.82, 2.24) is 0 Å². The highest BCUT2D eigenvalue weighted by Gasteiger charge is 2.08. The minimum atomic E-state index is 0.820. The first kappa shape index (κ1) is 14.6. The van der Waals surface area contributed by atoms with Crippen LogP contribution in [0.5, 0.6) is 0 Å². The van der Waals surface area contributed by atoms with Crippen molar-refractivity contribution in [3.05, 3.63) is 83.9 Å². The Morgan fingerprint density at radius 3 is 1.38 bits per heavy atom. The lowest BCUT2D eigenvalue weighted by Crippen LogP contribution is -1.80. The highest BCUT2D eigenvalue weighted by molar-refractivity contribution is 8.00. The molecule has 3 aromatic carbocycles. The van der Waals surface area contributed by atoms with E-state index in [4.69, 9.17) is 11.6 Å². The molecule has 0 aliphatic heterocycles. The van der Waals surface area contributed by atoms with Crippen LogP contribution < -0.4 is 0 Å². The van der Waals surface area contributed by atoms with E-state index in [1.165, 1.54) is 9.79 Å². The van der Waals surface area contributed by atoms with Gasteiger partial charge in [0.2, 0.25) is 0 Å². The molecule has 0 atom stereocenters. The highest BCUT2D eigenvalue weighted by Crippen LogP contribution is 2.40. The molecule has 0 amide bonds. The molecule has 3 heteroatoms. The quantitative estimate of drug-likeness (QED) is 0.526. The van der Waals surface area contributed by atoms with Crippen LogP contribution in [0.2, 0.25) is 5.02 Å². The molecule has 0 aromatic heterocycles. The van der Waals surface area contributed by atoms with Crippen molar-refractivity contribution in [2.24, 2.45) is 0 Å². The average Bonchev–Trinajstić information content (AvgIpc) is 2.53. The van der Waals surface area contributed by atoms with Crippen molar-refractivity contribution in [3.63, 3.8) is 0 Å². The van der Waals surface area contributed by atoms with Gasteiger partial charge in [-0.1, -0.05) is 77.6 Å². The van der Waals surface area contributed by atoms with Gasteiger partial charge in [0.1, 0.15) is 0 Å². The molecule has 3 aromatic rings. The SMILES string of the molecule is Clc1c(Sc2ccccc2)cccc1Sc1ccccc1. The molecule has 21 heavy (non-hydrogen) atoms. The zero-order valence-corrected chi connectivity index (χ0v) is 13.6. The first-order valence-electron chi connectivity index (χ1n) is 6.57. The van der Waals surface area contributed by atoms with Gasteiger partial charge in [-0.2, -0.15) is 0 Å². The van der Waals surface area contributed by atoms with Crippen LogP contribution in [0.25, 0.3) is 0 Å². The smallest absolute Gasteiger partial charge is 0.0684 e. The van der Waals surface area contributed by atoms with Crippen molar-refractivity contribution in [2.75, 3.05) is 0 Å². The van der Waals surface area contributed by atoms with Gasteiger partial charge in [-0.25, -0.2) is 0 Å². The fourth-order valence-electron chi connectivity index (χ4n) is 1.88. The Morgan fingerprint density at radius 1 is 0.524 bits per heavy atom. The molecule has 0 bridgehead atoms. The van der Waals surface area contributed by atoms with Gasteiger partial charge in [-0.05, 0) is 36.4 Å². The van der Waals surface area contributed by atoms with Gasteiger partial charge < -0.3 is 0 Å². The predicted octanol–water partition coefficient (Wildman–Crippen LogP) is 6.64. The molecule has 0 radical (unpaired) electrons. The van der Waals surface area contributed by atoms with Gasteiger partial charge in [0, 0.05) is 19.6 Å². The second-order valence-corrected chi connectivity index (χ2v) is 7.01. The van der Waals surface area contributed by atoms with E-state index >= 15 is 0 Å². The molecule has 0 aliphatic rings. The summed E-state index contributed by atoms with van der Waals surface area (Å²) in [7, 11) is 0. The Bertz CT molecular complexity index is 652. The van der Waals surface area contributed by atoms with E-state index in [2.05, 4.69) is 42.5 Å². The Kier molecular flexibility index (Phi) is 4.91. The van der Waals surface area contributed by atoms with Crippen LogP contribution in [-0.4, -0.2) is 0 Å². The van der Waals surface area contributed by atoms with E-state index in [-0.39, 0.29) is 0 Å². The molecule has 3 rings (SSSR count). The third-order valence-electron chi connectivity index (χ3n) is 2.87. The van der Waals surface area contributed by atoms with E-state index < -0.39 is 0 Å². The summed E-state index contributed by atoms with van der Waals surface area (Å²) in [5, 5.41) is 0.820. The van der Waals surface area contributed by atoms with Gasteiger partial charge in [-0.15, -0.1) is 0 Å². The molecule has 0 heterocycles. The second kappa shape index (κ2) is 7.08. The van der Waals surface area contributed by atoms with Gasteiger partial charge in [0.05, 0.1) is 5.02 Å². The summed E-state index contributed by atoms with van der Waals surface area (Å²) in [4.78, 5) is 4.56. The standard InChI is InChI=1S/C18H13ClS2/c19-18-16(20-14-8-3-1-4-9-14)12-7-13-17(18)21-15-10-5-2-6-11-15/h1-13H. The molecule has 0 saturated heterocycles. The average molecular weight is 329 g/mol. The zero-order valence-electron chi connectivity index (χ0n) is 11.2. The lowest BCUT2D eigenvalue weighted by molar-refractivity contribution is 1.31. The van der Waals surface area contributed by atoms with Gasteiger partial charge >= 0.3 is 0 Å². The van der Waals surface area contributed by atoms with Crippen LogP contribution in [0.1, 0.15) is 0 Å². The maximum atomic E-state index is 6.57. The molecule has 0 nitrogen and oxygen atoms in total. The molecule has 0 spiro atoms. The monoisotopic (exact) mass is 328 g/mol. The predicted molar refractivity (Wildman–Crippen MR) is 92.6 cm³/mol. The number of rotatable bonds is 4. The molecule has 0 aliphatic carbocycles. The van der Waals surface area contributed by atoms with Gasteiger partial charge in [-0.3, -0.25) is 0 Å². The third kappa shape index (κ3) is 3.85. The van der Waals surface area contributed by atoms with Crippen LogP contribution in [0.15, 0.2) is 98.4 Å². The highest BCUT2D eigenvalue weighted by atomic mass is 35.5. The first-order chi connectivity index (χ1) is 10.3. The first-order valence-corrected chi connectivity index (χ1v) is 8.58. The number of benzene rings is 3. The fraction of sp³-hybridized carbons (Fsp3) is 0. The minimum absolute atomic E-state index is 0.820. The van der Waals surface area contributed by atoms with Crippen molar-refractivity contribution in [2.45, 2.75) is 19.6 Å². The van der Waals surface area contributed by atoms with Crippen LogP contribution in [0.3, 0.4) is 0 Å². The summed E-state index contributed by atoms with van der Waals surface area (Å²) in [6.45, 7) is 0. The van der Waals surface area contributed by atoms with Crippen molar-refractivity contribution < 1.29 is 0 Å². The van der Waals surface area contributed by atoms with Crippen molar-refractivity contribution in [1.29, 1.82) is 0 Å². The molecule has 104 valence electrons. The van der Waals surface area contributed by atoms with Crippen LogP contribution >= 0.6 is 35.1 Å². The number of hydrogen-bond donors (Lipinski definition) is 0. The van der Waals surface area contributed by atoms with E-state index in [0.717, 1.165) is 14.8 Å². The second-order valence-electron chi connectivity index (χ2n) is 4.40. The number of hydrogen-bond acceptors (Lipinski definition) is 2. The largest absolute Gasteiger partial charge is 0.0885 e. The lowest BCUT2D eigenvalue weighted by atomic mass is 10.3. The summed E-state index contributed by atoms with van der Waals surface area (Å²) >= 11 is 9.95. The molecular formula is C18H13ClS2. The zero-order chi connectivity index (χ0) is 14.5. The van der Waals surface area contributed by atoms with Crippen LogP contribution in [-0.2, 0) is 0 Å². The normalized spacial score (nSPS) is 10.5. The Hall–Kier alpha value is -1.35. The third-order valence-corrected chi connectivity index (χ3v) is 5.64. The summed E-state index contributed by atoms with van der Waals surface area (Å²) in [6.07, 6.45) is 0. The Morgan fingerprint density at radius 2 is 0.952 bits per heavy atom.